The lowest BCUT2D eigenvalue weighted by molar-refractivity contribution is 0.275. The van der Waals surface area contributed by atoms with Gasteiger partial charge in [-0.2, -0.15) is 0 Å². The molecular weight excluding hydrogens is 608 g/mol. The second-order valence-electron chi connectivity index (χ2n) is 11.6. The highest BCUT2D eigenvalue weighted by molar-refractivity contribution is 9.10. The molecule has 39 heavy (non-hydrogen) atoms. The molecule has 0 bridgehead atoms. The normalized spacial score (nSPS) is 14.2. The van der Waals surface area contributed by atoms with E-state index in [1.807, 2.05) is 0 Å². The first-order valence-electron chi connectivity index (χ1n) is 14.2. The first kappa shape index (κ1) is 28.2. The van der Waals surface area contributed by atoms with E-state index >= 15 is 0 Å². The van der Waals surface area contributed by atoms with Gasteiger partial charge in [-0.25, -0.2) is 0 Å². The number of fused-ring (bicyclic) bond motifs is 3. The zero-order valence-electron chi connectivity index (χ0n) is 23.4. The SMILES string of the molecule is Cc1cccc(C2(c3ccc(OCCC(C)CCCC(C)C)cc3)c3cc(Br)ccc3-c3ccc(Br)cc32)c1. The van der Waals surface area contributed by atoms with Crippen molar-refractivity contribution < 1.29 is 4.74 Å². The van der Waals surface area contributed by atoms with Crippen LogP contribution in [0.25, 0.3) is 11.1 Å². The zero-order chi connectivity index (χ0) is 27.6. The van der Waals surface area contributed by atoms with Crippen LogP contribution in [0.4, 0.5) is 0 Å². The van der Waals surface area contributed by atoms with Gasteiger partial charge in [0, 0.05) is 8.95 Å². The van der Waals surface area contributed by atoms with Crippen LogP contribution in [0.3, 0.4) is 0 Å². The molecule has 0 amide bonds. The number of hydrogen-bond acceptors (Lipinski definition) is 1. The van der Waals surface area contributed by atoms with E-state index in [1.54, 1.807) is 0 Å². The summed E-state index contributed by atoms with van der Waals surface area (Å²) in [5, 5.41) is 0. The van der Waals surface area contributed by atoms with Crippen molar-refractivity contribution in [3.8, 4) is 16.9 Å². The van der Waals surface area contributed by atoms with Crippen molar-refractivity contribution in [1.29, 1.82) is 0 Å². The Kier molecular flexibility index (Phi) is 8.69. The van der Waals surface area contributed by atoms with E-state index in [1.165, 1.54) is 58.2 Å². The maximum absolute atomic E-state index is 6.24. The van der Waals surface area contributed by atoms with Crippen molar-refractivity contribution in [2.24, 2.45) is 11.8 Å². The van der Waals surface area contributed by atoms with Gasteiger partial charge in [0.25, 0.3) is 0 Å². The quantitative estimate of drug-likeness (QED) is 0.147. The van der Waals surface area contributed by atoms with Gasteiger partial charge in [0.2, 0.25) is 0 Å². The van der Waals surface area contributed by atoms with Gasteiger partial charge in [0.15, 0.2) is 0 Å². The van der Waals surface area contributed by atoms with Crippen LogP contribution in [0.1, 0.15) is 74.3 Å². The topological polar surface area (TPSA) is 9.23 Å². The van der Waals surface area contributed by atoms with Crippen molar-refractivity contribution in [1.82, 2.24) is 0 Å². The van der Waals surface area contributed by atoms with Crippen LogP contribution in [0.15, 0.2) is 93.9 Å². The monoisotopic (exact) mass is 644 g/mol. The van der Waals surface area contributed by atoms with Gasteiger partial charge in [-0.1, -0.05) is 126 Å². The predicted octanol–water partition coefficient (Wildman–Crippen LogP) is 11.1. The standard InChI is InChI=1S/C36H38Br2O/c1-24(2)7-5-8-25(3)19-20-39-31-15-11-27(12-16-31)36(28-10-6-9-26(4)21-28)34-22-29(37)13-17-32(34)33-18-14-30(38)23-35(33)36/h6,9-18,21-25H,5,7-8,19-20H2,1-4H3. The Hall–Kier alpha value is -2.36. The Balaban J connectivity index is 1.50. The summed E-state index contributed by atoms with van der Waals surface area (Å²) in [5.41, 5.74) is 8.55. The van der Waals surface area contributed by atoms with E-state index < -0.39 is 5.41 Å². The van der Waals surface area contributed by atoms with Crippen LogP contribution in [0.2, 0.25) is 0 Å². The minimum atomic E-state index is -0.423. The molecule has 5 rings (SSSR count). The summed E-state index contributed by atoms with van der Waals surface area (Å²) < 4.78 is 8.42. The zero-order valence-corrected chi connectivity index (χ0v) is 26.6. The maximum atomic E-state index is 6.24. The Morgan fingerprint density at radius 3 is 1.92 bits per heavy atom. The fourth-order valence-corrected chi connectivity index (χ4v) is 6.86. The number of ether oxygens (including phenoxy) is 1. The Morgan fingerprint density at radius 2 is 1.33 bits per heavy atom. The second-order valence-corrected chi connectivity index (χ2v) is 13.4. The van der Waals surface area contributed by atoms with Crippen molar-refractivity contribution in [2.45, 2.75) is 58.8 Å². The Bertz CT molecular complexity index is 1390. The molecule has 4 aromatic carbocycles. The molecular formula is C36H38Br2O. The number of rotatable bonds is 10. The summed E-state index contributed by atoms with van der Waals surface area (Å²) in [6.45, 7) is 9.90. The van der Waals surface area contributed by atoms with Gasteiger partial charge in [-0.3, -0.25) is 0 Å². The number of halogens is 2. The minimum absolute atomic E-state index is 0.423. The first-order valence-corrected chi connectivity index (χ1v) is 15.8. The third-order valence-corrected chi connectivity index (χ3v) is 9.14. The molecule has 0 saturated heterocycles. The summed E-state index contributed by atoms with van der Waals surface area (Å²) in [6.07, 6.45) is 5.00. The number of hydrogen-bond donors (Lipinski definition) is 0. The fraction of sp³-hybridized carbons (Fsp3) is 0.333. The third-order valence-electron chi connectivity index (χ3n) is 8.16. The van der Waals surface area contributed by atoms with Crippen LogP contribution < -0.4 is 4.74 Å². The lowest BCUT2D eigenvalue weighted by Crippen LogP contribution is -2.28. The highest BCUT2D eigenvalue weighted by Gasteiger charge is 2.46. The molecule has 1 nitrogen and oxygen atoms in total. The fourth-order valence-electron chi connectivity index (χ4n) is 6.13. The van der Waals surface area contributed by atoms with E-state index in [0.29, 0.717) is 5.92 Å². The van der Waals surface area contributed by atoms with Crippen LogP contribution in [0.5, 0.6) is 5.75 Å². The Labute approximate surface area is 251 Å². The molecule has 0 saturated carbocycles. The molecule has 1 aliphatic carbocycles. The van der Waals surface area contributed by atoms with Crippen LogP contribution in [0, 0.1) is 18.8 Å². The summed E-state index contributed by atoms with van der Waals surface area (Å²) in [7, 11) is 0. The molecule has 0 radical (unpaired) electrons. The van der Waals surface area contributed by atoms with Crippen molar-refractivity contribution in [3.05, 3.63) is 122 Å². The van der Waals surface area contributed by atoms with Crippen LogP contribution in [-0.4, -0.2) is 6.61 Å². The first-order chi connectivity index (χ1) is 18.8. The summed E-state index contributed by atoms with van der Waals surface area (Å²) in [5.74, 6) is 2.42. The van der Waals surface area contributed by atoms with Crippen molar-refractivity contribution >= 4 is 31.9 Å². The van der Waals surface area contributed by atoms with Gasteiger partial charge >= 0.3 is 0 Å². The molecule has 0 aliphatic heterocycles. The van der Waals surface area contributed by atoms with E-state index in [2.05, 4.69) is 144 Å². The average Bonchev–Trinajstić information content (AvgIpc) is 3.18. The number of benzene rings is 4. The van der Waals surface area contributed by atoms with Gasteiger partial charge in [-0.15, -0.1) is 0 Å². The minimum Gasteiger partial charge on any atom is -0.494 e. The molecule has 202 valence electrons. The smallest absolute Gasteiger partial charge is 0.119 e. The number of aryl methyl sites for hydroxylation is 1. The molecule has 0 spiro atoms. The summed E-state index contributed by atoms with van der Waals surface area (Å²) in [4.78, 5) is 0. The largest absolute Gasteiger partial charge is 0.494 e. The van der Waals surface area contributed by atoms with Gasteiger partial charge < -0.3 is 4.74 Å². The van der Waals surface area contributed by atoms with Crippen molar-refractivity contribution in [2.75, 3.05) is 6.61 Å². The van der Waals surface area contributed by atoms with Crippen molar-refractivity contribution in [3.63, 3.8) is 0 Å². The van der Waals surface area contributed by atoms with Crippen LogP contribution >= 0.6 is 31.9 Å². The lowest BCUT2D eigenvalue weighted by Gasteiger charge is -2.34. The summed E-state index contributed by atoms with van der Waals surface area (Å²) >= 11 is 7.56. The Morgan fingerprint density at radius 1 is 0.692 bits per heavy atom. The lowest BCUT2D eigenvalue weighted by atomic mass is 9.67. The maximum Gasteiger partial charge on any atom is 0.119 e. The molecule has 0 aromatic heterocycles. The molecule has 3 heteroatoms. The molecule has 0 fully saturated rings. The molecule has 1 unspecified atom stereocenters. The second kappa shape index (κ2) is 12.0. The van der Waals surface area contributed by atoms with Crippen LogP contribution in [-0.2, 0) is 5.41 Å². The van der Waals surface area contributed by atoms with E-state index in [9.17, 15) is 0 Å². The highest BCUT2D eigenvalue weighted by atomic mass is 79.9. The highest BCUT2D eigenvalue weighted by Crippen LogP contribution is 2.57. The van der Waals surface area contributed by atoms with Gasteiger partial charge in [0.05, 0.1) is 12.0 Å². The summed E-state index contributed by atoms with van der Waals surface area (Å²) in [6, 6.07) is 31.2. The predicted molar refractivity (Wildman–Crippen MR) is 172 cm³/mol. The molecule has 1 aliphatic rings. The van der Waals surface area contributed by atoms with E-state index in [4.69, 9.17) is 4.74 Å². The average molecular weight is 647 g/mol. The molecule has 4 aromatic rings. The third kappa shape index (κ3) is 5.77. The molecule has 1 atom stereocenters. The molecule has 0 heterocycles. The van der Waals surface area contributed by atoms with Gasteiger partial charge in [0.1, 0.15) is 5.75 Å². The molecule has 0 N–H and O–H groups in total. The van der Waals surface area contributed by atoms with E-state index in [0.717, 1.165) is 33.6 Å². The van der Waals surface area contributed by atoms with E-state index in [-0.39, 0.29) is 0 Å². The van der Waals surface area contributed by atoms with Gasteiger partial charge in [-0.05, 0) is 95.0 Å².